The molecule has 0 spiro atoms. The van der Waals surface area contributed by atoms with Crippen molar-refractivity contribution in [2.75, 3.05) is 39.3 Å². The van der Waals surface area contributed by atoms with E-state index in [1.54, 1.807) is 12.1 Å². The molecule has 0 atom stereocenters. The summed E-state index contributed by atoms with van der Waals surface area (Å²) in [6.07, 6.45) is 3.82. The van der Waals surface area contributed by atoms with Gasteiger partial charge in [-0.25, -0.2) is 8.42 Å². The van der Waals surface area contributed by atoms with E-state index in [-0.39, 0.29) is 5.91 Å². The largest absolute Gasteiger partial charge is 0.340 e. The number of nitrogens with zero attached hydrogens (tertiary/aromatic N) is 2. The first kappa shape index (κ1) is 20.3. The van der Waals surface area contributed by atoms with E-state index in [0.29, 0.717) is 43.4 Å². The molecule has 1 N–H and O–H groups in total. The first-order valence-electron chi connectivity index (χ1n) is 9.94. The molecular weight excluding hydrogens is 362 g/mol. The molecule has 3 rings (SSSR count). The Morgan fingerprint density at radius 1 is 1.07 bits per heavy atom. The Balaban J connectivity index is 1.53. The topological polar surface area (TPSA) is 69.7 Å². The predicted octanol–water partition coefficient (Wildman–Crippen LogP) is 1.92. The average molecular weight is 394 g/mol. The van der Waals surface area contributed by atoms with Gasteiger partial charge in [0.2, 0.25) is 15.9 Å². The van der Waals surface area contributed by atoms with Gasteiger partial charge in [0.1, 0.15) is 0 Å². The normalized spacial score (nSPS) is 20.0. The van der Waals surface area contributed by atoms with Crippen molar-refractivity contribution in [2.45, 2.75) is 44.4 Å². The van der Waals surface area contributed by atoms with Gasteiger partial charge in [-0.3, -0.25) is 4.79 Å². The number of rotatable bonds is 5. The summed E-state index contributed by atoms with van der Waals surface area (Å²) in [5.74, 6) is 0.804. The fraction of sp³-hybridized carbons (Fsp3) is 0.650. The number of piperazine rings is 1. The molecule has 2 aliphatic heterocycles. The van der Waals surface area contributed by atoms with Crippen LogP contribution in [0.4, 0.5) is 0 Å². The molecule has 0 aliphatic carbocycles. The highest BCUT2D eigenvalue weighted by atomic mass is 32.2. The fourth-order valence-corrected chi connectivity index (χ4v) is 5.37. The molecule has 0 unspecified atom stereocenters. The summed E-state index contributed by atoms with van der Waals surface area (Å²) in [7, 11) is -3.49. The molecule has 27 heavy (non-hydrogen) atoms. The number of sulfonamides is 1. The summed E-state index contributed by atoms with van der Waals surface area (Å²) in [5.41, 5.74) is 2.06. The number of hydrogen-bond donors (Lipinski definition) is 1. The van der Waals surface area contributed by atoms with Gasteiger partial charge >= 0.3 is 0 Å². The molecule has 150 valence electrons. The van der Waals surface area contributed by atoms with E-state index in [1.165, 1.54) is 4.31 Å². The maximum atomic E-state index is 12.9. The van der Waals surface area contributed by atoms with E-state index in [4.69, 9.17) is 0 Å². The van der Waals surface area contributed by atoms with Crippen LogP contribution in [0.2, 0.25) is 0 Å². The van der Waals surface area contributed by atoms with Crippen LogP contribution < -0.4 is 5.32 Å². The Morgan fingerprint density at radius 3 is 2.37 bits per heavy atom. The number of piperidine rings is 1. The zero-order valence-corrected chi connectivity index (χ0v) is 17.2. The Bertz CT molecular complexity index is 765. The zero-order chi connectivity index (χ0) is 19.4. The van der Waals surface area contributed by atoms with Crippen LogP contribution in [-0.2, 0) is 14.8 Å². The lowest BCUT2D eigenvalue weighted by Crippen LogP contribution is -2.50. The van der Waals surface area contributed by atoms with Crippen LogP contribution in [0.25, 0.3) is 0 Å². The second-order valence-electron chi connectivity index (χ2n) is 7.76. The SMILES string of the molecule is Cc1ccc(S(=O)(=O)N2CCN(C(=O)CCC3CCNCC3)CC2)cc1C. The van der Waals surface area contributed by atoms with Gasteiger partial charge in [-0.1, -0.05) is 6.07 Å². The van der Waals surface area contributed by atoms with Crippen molar-refractivity contribution in [2.24, 2.45) is 5.92 Å². The minimum atomic E-state index is -3.49. The van der Waals surface area contributed by atoms with Gasteiger partial charge in [-0.2, -0.15) is 4.31 Å². The molecule has 0 bridgehead atoms. The van der Waals surface area contributed by atoms with Crippen molar-refractivity contribution in [1.82, 2.24) is 14.5 Å². The Kier molecular flexibility index (Phi) is 6.55. The second-order valence-corrected chi connectivity index (χ2v) is 9.70. The first-order valence-corrected chi connectivity index (χ1v) is 11.4. The summed E-state index contributed by atoms with van der Waals surface area (Å²) in [6, 6.07) is 5.26. The molecule has 2 saturated heterocycles. The van der Waals surface area contributed by atoms with Crippen molar-refractivity contribution < 1.29 is 13.2 Å². The van der Waals surface area contributed by atoms with E-state index in [2.05, 4.69) is 5.32 Å². The highest BCUT2D eigenvalue weighted by molar-refractivity contribution is 7.89. The quantitative estimate of drug-likeness (QED) is 0.830. The standard InChI is InChI=1S/C20H31N3O3S/c1-16-3-5-19(15-17(16)2)27(25,26)23-13-11-22(12-14-23)20(24)6-4-18-7-9-21-10-8-18/h3,5,15,18,21H,4,6-14H2,1-2H3. The Labute approximate surface area is 163 Å². The van der Waals surface area contributed by atoms with Gasteiger partial charge in [0.15, 0.2) is 0 Å². The minimum Gasteiger partial charge on any atom is -0.340 e. The van der Waals surface area contributed by atoms with E-state index < -0.39 is 10.0 Å². The van der Waals surface area contributed by atoms with Crippen molar-refractivity contribution in [3.8, 4) is 0 Å². The summed E-state index contributed by atoms with van der Waals surface area (Å²) in [5, 5.41) is 3.35. The van der Waals surface area contributed by atoms with Crippen molar-refractivity contribution in [3.05, 3.63) is 29.3 Å². The number of nitrogens with one attached hydrogen (secondary N) is 1. The highest BCUT2D eigenvalue weighted by Crippen LogP contribution is 2.22. The lowest BCUT2D eigenvalue weighted by molar-refractivity contribution is -0.132. The number of carbonyl (C=O) groups is 1. The van der Waals surface area contributed by atoms with Crippen LogP contribution >= 0.6 is 0 Å². The number of benzene rings is 1. The van der Waals surface area contributed by atoms with E-state index in [9.17, 15) is 13.2 Å². The third kappa shape index (κ3) is 4.89. The van der Waals surface area contributed by atoms with Gasteiger partial charge in [0, 0.05) is 32.6 Å². The van der Waals surface area contributed by atoms with Crippen LogP contribution in [0.15, 0.2) is 23.1 Å². The first-order chi connectivity index (χ1) is 12.9. The fourth-order valence-electron chi connectivity index (χ4n) is 3.86. The third-order valence-electron chi connectivity index (χ3n) is 5.93. The highest BCUT2D eigenvalue weighted by Gasteiger charge is 2.30. The molecule has 7 heteroatoms. The molecule has 1 aromatic carbocycles. The van der Waals surface area contributed by atoms with Crippen molar-refractivity contribution in [3.63, 3.8) is 0 Å². The molecular formula is C20H31N3O3S. The molecule has 1 aromatic rings. The van der Waals surface area contributed by atoms with Crippen molar-refractivity contribution in [1.29, 1.82) is 0 Å². The summed E-state index contributed by atoms with van der Waals surface area (Å²) in [6.45, 7) is 7.70. The second kappa shape index (κ2) is 8.71. The number of aryl methyl sites for hydroxylation is 2. The Hall–Kier alpha value is -1.44. The van der Waals surface area contributed by atoms with Crippen molar-refractivity contribution >= 4 is 15.9 Å². The molecule has 2 fully saturated rings. The smallest absolute Gasteiger partial charge is 0.243 e. The van der Waals surface area contributed by atoms with Gasteiger partial charge in [-0.15, -0.1) is 0 Å². The van der Waals surface area contributed by atoms with E-state index >= 15 is 0 Å². The molecule has 2 heterocycles. The van der Waals surface area contributed by atoms with E-state index in [1.807, 2.05) is 24.8 Å². The summed E-state index contributed by atoms with van der Waals surface area (Å²) >= 11 is 0. The lowest BCUT2D eigenvalue weighted by atomic mass is 9.93. The van der Waals surface area contributed by atoms with Gasteiger partial charge < -0.3 is 10.2 Å². The monoisotopic (exact) mass is 393 g/mol. The van der Waals surface area contributed by atoms with Crippen LogP contribution in [-0.4, -0.2) is 62.8 Å². The minimum absolute atomic E-state index is 0.164. The van der Waals surface area contributed by atoms with Gasteiger partial charge in [-0.05, 0) is 75.4 Å². The molecule has 0 aromatic heterocycles. The zero-order valence-electron chi connectivity index (χ0n) is 16.4. The van der Waals surface area contributed by atoms with Gasteiger partial charge in [0.05, 0.1) is 4.90 Å². The predicted molar refractivity (Wildman–Crippen MR) is 106 cm³/mol. The molecule has 2 aliphatic rings. The average Bonchev–Trinajstić information content (AvgIpc) is 2.69. The van der Waals surface area contributed by atoms with Crippen LogP contribution in [0.1, 0.15) is 36.8 Å². The van der Waals surface area contributed by atoms with Crippen LogP contribution in [0, 0.1) is 19.8 Å². The van der Waals surface area contributed by atoms with Crippen LogP contribution in [0.5, 0.6) is 0 Å². The number of hydrogen-bond acceptors (Lipinski definition) is 4. The lowest BCUT2D eigenvalue weighted by Gasteiger charge is -2.34. The van der Waals surface area contributed by atoms with E-state index in [0.717, 1.165) is 43.5 Å². The van der Waals surface area contributed by atoms with Crippen LogP contribution in [0.3, 0.4) is 0 Å². The van der Waals surface area contributed by atoms with Gasteiger partial charge in [0.25, 0.3) is 0 Å². The summed E-state index contributed by atoms with van der Waals surface area (Å²) in [4.78, 5) is 14.7. The molecule has 1 amide bonds. The maximum Gasteiger partial charge on any atom is 0.243 e. The summed E-state index contributed by atoms with van der Waals surface area (Å²) < 4.78 is 27.3. The Morgan fingerprint density at radius 2 is 1.74 bits per heavy atom. The number of amides is 1. The maximum absolute atomic E-state index is 12.9. The third-order valence-corrected chi connectivity index (χ3v) is 7.83. The molecule has 6 nitrogen and oxygen atoms in total. The molecule has 0 saturated carbocycles. The number of carbonyl (C=O) groups excluding carboxylic acids is 1. The molecule has 0 radical (unpaired) electrons.